The molecule has 2 atom stereocenters. The van der Waals surface area contributed by atoms with Crippen molar-refractivity contribution in [2.24, 2.45) is 0 Å². The summed E-state index contributed by atoms with van der Waals surface area (Å²) in [6, 6.07) is 9.41. The highest BCUT2D eigenvalue weighted by atomic mass is 19.4. The molecule has 0 spiro atoms. The number of aryl methyl sites for hydroxylation is 1. The van der Waals surface area contributed by atoms with E-state index in [0.717, 1.165) is 4.90 Å². The number of hydrogen-bond acceptors (Lipinski definition) is 7. The highest BCUT2D eigenvalue weighted by Crippen LogP contribution is 2.43. The molecule has 2 saturated heterocycles. The van der Waals surface area contributed by atoms with Crippen LogP contribution in [-0.2, 0) is 23.6 Å². The van der Waals surface area contributed by atoms with E-state index in [9.17, 15) is 49.8 Å². The van der Waals surface area contributed by atoms with E-state index < -0.39 is 78.8 Å². The van der Waals surface area contributed by atoms with E-state index in [2.05, 4.69) is 9.97 Å². The number of nitrogens with zero attached hydrogens (tertiary/aromatic N) is 4. The largest absolute Gasteiger partial charge is 0.496 e. The van der Waals surface area contributed by atoms with Crippen LogP contribution in [-0.4, -0.2) is 64.2 Å². The maximum absolute atomic E-state index is 13.8. The molecule has 0 bridgehead atoms. The molecule has 6 rings (SSSR count). The van der Waals surface area contributed by atoms with Crippen LogP contribution in [0.15, 0.2) is 60.8 Å². The fraction of sp³-hybridized carbons (Fsp3) is 0.314. The van der Waals surface area contributed by atoms with Gasteiger partial charge in [0, 0.05) is 17.3 Å². The molecule has 2 aliphatic heterocycles. The van der Waals surface area contributed by atoms with Gasteiger partial charge in [0.05, 0.1) is 55.2 Å². The van der Waals surface area contributed by atoms with Gasteiger partial charge in [0.25, 0.3) is 5.92 Å². The zero-order chi connectivity index (χ0) is 37.9. The average Bonchev–Trinajstić information content (AvgIpc) is 3.34. The molecular weight excluding hydrogens is 708 g/mol. The summed E-state index contributed by atoms with van der Waals surface area (Å²) in [4.78, 5) is 35.8. The fourth-order valence-electron chi connectivity index (χ4n) is 6.23. The Balaban J connectivity index is 1.42. The van der Waals surface area contributed by atoms with Crippen LogP contribution in [0.4, 0.5) is 45.9 Å². The number of hydrogen-bond donors (Lipinski definition) is 1. The van der Waals surface area contributed by atoms with Gasteiger partial charge in [0.1, 0.15) is 11.9 Å². The molecule has 0 radical (unpaired) electrons. The highest BCUT2D eigenvalue weighted by Gasteiger charge is 2.46. The third kappa shape index (κ3) is 7.03. The molecule has 4 aromatic rings. The number of anilines is 1. The van der Waals surface area contributed by atoms with Crippen molar-refractivity contribution in [3.8, 4) is 28.0 Å². The van der Waals surface area contributed by atoms with Crippen LogP contribution < -0.4 is 9.64 Å². The van der Waals surface area contributed by atoms with Gasteiger partial charge in [0.15, 0.2) is 0 Å². The maximum Gasteiger partial charge on any atom is 0.416 e. The molecule has 3 heterocycles. The lowest BCUT2D eigenvalue weighted by atomic mass is 9.94. The minimum atomic E-state index is -5.13. The van der Waals surface area contributed by atoms with E-state index in [-0.39, 0.29) is 28.8 Å². The molecule has 0 unspecified atom stereocenters. The fourth-order valence-corrected chi connectivity index (χ4v) is 6.23. The number of carboxylic acid groups (broad SMARTS) is 1. The van der Waals surface area contributed by atoms with E-state index in [0.29, 0.717) is 40.1 Å². The molecule has 1 N–H and O–H groups in total. The van der Waals surface area contributed by atoms with E-state index in [1.54, 1.807) is 31.2 Å². The number of benzene rings is 3. The summed E-state index contributed by atoms with van der Waals surface area (Å²) in [5.41, 5.74) is -0.990. The van der Waals surface area contributed by atoms with E-state index >= 15 is 0 Å². The van der Waals surface area contributed by atoms with Crippen LogP contribution in [0, 0.1) is 6.92 Å². The average molecular weight is 737 g/mol. The number of halogens is 8. The van der Waals surface area contributed by atoms with Gasteiger partial charge in [-0.15, -0.1) is 0 Å². The number of alkyl halides is 8. The predicted molar refractivity (Wildman–Crippen MR) is 169 cm³/mol. The van der Waals surface area contributed by atoms with Gasteiger partial charge in [0.2, 0.25) is 5.95 Å². The summed E-state index contributed by atoms with van der Waals surface area (Å²) in [7, 11) is 1.39. The minimum Gasteiger partial charge on any atom is -0.496 e. The van der Waals surface area contributed by atoms with Crippen molar-refractivity contribution in [1.29, 1.82) is 0 Å². The van der Waals surface area contributed by atoms with Crippen LogP contribution in [0.5, 0.6) is 5.75 Å². The minimum absolute atomic E-state index is 0.0276. The number of rotatable bonds is 8. The molecule has 274 valence electrons. The lowest BCUT2D eigenvalue weighted by Gasteiger charge is -2.38. The summed E-state index contributed by atoms with van der Waals surface area (Å²) in [6.07, 6.45) is -11.6. The van der Waals surface area contributed by atoms with Gasteiger partial charge in [-0.2, -0.15) is 26.3 Å². The Kier molecular flexibility index (Phi) is 9.03. The first kappa shape index (κ1) is 36.3. The number of aromatic nitrogens is 2. The standard InChI is InChI=1S/C35H28F8N4O5/c1-17-8-20(30(48)49)4-6-24(17)19-5-7-28(51-3)25(11-19)26-13-44-31(46-15-33(36,37)16-46)45-27(26)14-47-18(2)29(52-32(47)50)21-9-22(34(38,39)40)12-23(10-21)35(41,42)43/h4-13,18,29H,14-16H2,1-3H3,(H,48,49)/t18-,29-/m0/s1. The first-order valence-electron chi connectivity index (χ1n) is 15.5. The van der Waals surface area contributed by atoms with Crippen LogP contribution in [0.2, 0.25) is 0 Å². The Labute approximate surface area is 290 Å². The molecule has 0 aliphatic carbocycles. The van der Waals surface area contributed by atoms with Crippen molar-refractivity contribution in [3.05, 3.63) is 94.3 Å². The second-order valence-corrected chi connectivity index (χ2v) is 12.5. The van der Waals surface area contributed by atoms with Crippen LogP contribution >= 0.6 is 0 Å². The third-order valence-electron chi connectivity index (χ3n) is 8.91. The molecule has 2 aliphatic rings. The van der Waals surface area contributed by atoms with Crippen LogP contribution in [0.1, 0.15) is 51.3 Å². The van der Waals surface area contributed by atoms with E-state index in [1.807, 2.05) is 0 Å². The second-order valence-electron chi connectivity index (χ2n) is 12.5. The molecule has 3 aromatic carbocycles. The number of carboxylic acids is 1. The molecule has 17 heteroatoms. The molecular formula is C35H28F8N4O5. The van der Waals surface area contributed by atoms with E-state index in [4.69, 9.17) is 9.47 Å². The molecule has 2 fully saturated rings. The van der Waals surface area contributed by atoms with Crippen molar-refractivity contribution in [2.45, 2.75) is 50.8 Å². The Morgan fingerprint density at radius 2 is 1.62 bits per heavy atom. The van der Waals surface area contributed by atoms with Gasteiger partial charge < -0.3 is 19.5 Å². The molecule has 0 saturated carbocycles. The predicted octanol–water partition coefficient (Wildman–Crippen LogP) is 8.40. The smallest absolute Gasteiger partial charge is 0.416 e. The van der Waals surface area contributed by atoms with Gasteiger partial charge in [-0.05, 0) is 78.6 Å². The maximum atomic E-state index is 13.8. The normalized spacial score (nSPS) is 18.6. The number of amides is 1. The van der Waals surface area contributed by atoms with E-state index in [1.165, 1.54) is 37.3 Å². The number of aromatic carboxylic acids is 1. The number of cyclic esters (lactones) is 1. The lowest BCUT2D eigenvalue weighted by molar-refractivity contribution is -0.143. The zero-order valence-corrected chi connectivity index (χ0v) is 27.4. The second kappa shape index (κ2) is 12.9. The van der Waals surface area contributed by atoms with Gasteiger partial charge in [-0.3, -0.25) is 4.90 Å². The highest BCUT2D eigenvalue weighted by molar-refractivity contribution is 5.89. The quantitative estimate of drug-likeness (QED) is 0.180. The van der Waals surface area contributed by atoms with Gasteiger partial charge >= 0.3 is 24.4 Å². The molecule has 1 aromatic heterocycles. The summed E-state index contributed by atoms with van der Waals surface area (Å²) in [5.74, 6) is -3.91. The third-order valence-corrected chi connectivity index (χ3v) is 8.91. The summed E-state index contributed by atoms with van der Waals surface area (Å²) in [5, 5.41) is 9.40. The Bertz CT molecular complexity index is 2030. The summed E-state index contributed by atoms with van der Waals surface area (Å²) >= 11 is 0. The topological polar surface area (TPSA) is 105 Å². The van der Waals surface area contributed by atoms with Crippen molar-refractivity contribution >= 4 is 18.0 Å². The monoisotopic (exact) mass is 736 g/mol. The number of methoxy groups -OCH3 is 1. The number of carbonyl (C=O) groups excluding carboxylic acids is 1. The molecule has 1 amide bonds. The first-order valence-corrected chi connectivity index (χ1v) is 15.5. The molecule has 9 nitrogen and oxygen atoms in total. The van der Waals surface area contributed by atoms with Crippen LogP contribution in [0.3, 0.4) is 0 Å². The number of carbonyl (C=O) groups is 2. The summed E-state index contributed by atoms with van der Waals surface area (Å²) < 4.78 is 120. The van der Waals surface area contributed by atoms with Gasteiger partial charge in [-0.25, -0.2) is 28.3 Å². The van der Waals surface area contributed by atoms with Crippen molar-refractivity contribution in [1.82, 2.24) is 14.9 Å². The Morgan fingerprint density at radius 1 is 0.962 bits per heavy atom. The van der Waals surface area contributed by atoms with Gasteiger partial charge in [-0.1, -0.05) is 12.1 Å². The van der Waals surface area contributed by atoms with Crippen molar-refractivity contribution < 1.29 is 59.3 Å². The zero-order valence-electron chi connectivity index (χ0n) is 27.4. The SMILES string of the molecule is COc1ccc(-c2ccc(C(=O)O)cc2C)cc1-c1cnc(N2CC(F)(F)C2)nc1CN1C(=O)O[C@H](c2cc(C(F)(F)F)cc(C(F)(F)F)c2)[C@@H]1C. The lowest BCUT2D eigenvalue weighted by Crippen LogP contribution is -2.57. The first-order chi connectivity index (χ1) is 24.3. The Morgan fingerprint density at radius 3 is 2.17 bits per heavy atom. The number of ether oxygens (including phenoxy) is 2. The molecule has 52 heavy (non-hydrogen) atoms. The Hall–Kier alpha value is -5.48. The van der Waals surface area contributed by atoms with Crippen LogP contribution in [0.25, 0.3) is 22.3 Å². The van der Waals surface area contributed by atoms with Crippen molar-refractivity contribution in [3.63, 3.8) is 0 Å². The summed E-state index contributed by atoms with van der Waals surface area (Å²) in [6.45, 7) is 1.31. The van der Waals surface area contributed by atoms with Crippen molar-refractivity contribution in [2.75, 3.05) is 25.1 Å².